The van der Waals surface area contributed by atoms with Gasteiger partial charge >= 0.3 is 0 Å². The van der Waals surface area contributed by atoms with Crippen molar-refractivity contribution in [1.29, 1.82) is 0 Å². The SMILES string of the molecule is CN(CC1CC2CCC1C2)c1ccc(Cl)nn1. The standard InChI is InChI=1S/C13H18ClN3/c1-17(13-5-4-12(14)15-16-13)8-11-7-9-2-3-10(11)6-9/h4-5,9-11H,2-3,6-8H2,1H3. The Morgan fingerprint density at radius 1 is 1.29 bits per heavy atom. The topological polar surface area (TPSA) is 29.0 Å². The molecule has 0 radical (unpaired) electrons. The number of nitrogens with zero attached hydrogens (tertiary/aromatic N) is 3. The lowest BCUT2D eigenvalue weighted by Gasteiger charge is -2.27. The van der Waals surface area contributed by atoms with Gasteiger partial charge in [-0.3, -0.25) is 0 Å². The van der Waals surface area contributed by atoms with Gasteiger partial charge in [-0.1, -0.05) is 18.0 Å². The van der Waals surface area contributed by atoms with Crippen molar-refractivity contribution < 1.29 is 0 Å². The van der Waals surface area contributed by atoms with Gasteiger partial charge in [-0.25, -0.2) is 0 Å². The van der Waals surface area contributed by atoms with Crippen molar-refractivity contribution >= 4 is 17.4 Å². The van der Waals surface area contributed by atoms with Crippen molar-refractivity contribution in [2.45, 2.75) is 25.7 Å². The smallest absolute Gasteiger partial charge is 0.151 e. The molecule has 0 aliphatic heterocycles. The zero-order valence-corrected chi connectivity index (χ0v) is 10.9. The average Bonchev–Trinajstić information content (AvgIpc) is 2.91. The number of hydrogen-bond acceptors (Lipinski definition) is 3. The molecular weight excluding hydrogens is 234 g/mol. The van der Waals surface area contributed by atoms with Gasteiger partial charge in [0.05, 0.1) is 0 Å². The molecule has 0 amide bonds. The fourth-order valence-electron chi connectivity index (χ4n) is 3.56. The molecule has 1 aromatic heterocycles. The molecule has 4 heteroatoms. The minimum Gasteiger partial charge on any atom is -0.358 e. The van der Waals surface area contributed by atoms with Gasteiger partial charge in [0.15, 0.2) is 11.0 Å². The summed E-state index contributed by atoms with van der Waals surface area (Å²) in [6.07, 6.45) is 5.78. The van der Waals surface area contributed by atoms with Crippen molar-refractivity contribution in [1.82, 2.24) is 10.2 Å². The highest BCUT2D eigenvalue weighted by atomic mass is 35.5. The Labute approximate surface area is 107 Å². The normalized spacial score (nSPS) is 30.8. The van der Waals surface area contributed by atoms with Crippen LogP contribution in [-0.2, 0) is 0 Å². The largest absolute Gasteiger partial charge is 0.358 e. The Morgan fingerprint density at radius 3 is 2.76 bits per heavy atom. The molecular formula is C13H18ClN3. The molecule has 2 saturated carbocycles. The monoisotopic (exact) mass is 251 g/mol. The minimum atomic E-state index is 0.460. The summed E-state index contributed by atoms with van der Waals surface area (Å²) < 4.78 is 0. The zero-order chi connectivity index (χ0) is 11.8. The van der Waals surface area contributed by atoms with Crippen LogP contribution in [0, 0.1) is 17.8 Å². The van der Waals surface area contributed by atoms with Crippen LogP contribution < -0.4 is 4.90 Å². The van der Waals surface area contributed by atoms with Crippen molar-refractivity contribution in [3.05, 3.63) is 17.3 Å². The van der Waals surface area contributed by atoms with E-state index in [1.165, 1.54) is 25.7 Å². The van der Waals surface area contributed by atoms with Crippen molar-refractivity contribution in [2.75, 3.05) is 18.5 Å². The highest BCUT2D eigenvalue weighted by Gasteiger charge is 2.39. The molecule has 1 aromatic rings. The molecule has 2 fully saturated rings. The van der Waals surface area contributed by atoms with Gasteiger partial charge < -0.3 is 4.90 Å². The summed E-state index contributed by atoms with van der Waals surface area (Å²) in [5.74, 6) is 3.76. The van der Waals surface area contributed by atoms with E-state index in [9.17, 15) is 0 Å². The fraction of sp³-hybridized carbons (Fsp3) is 0.692. The first-order valence-corrected chi connectivity index (χ1v) is 6.80. The van der Waals surface area contributed by atoms with Crippen LogP contribution in [0.2, 0.25) is 5.15 Å². The third-order valence-corrected chi connectivity index (χ3v) is 4.60. The number of hydrogen-bond donors (Lipinski definition) is 0. The quantitative estimate of drug-likeness (QED) is 0.827. The van der Waals surface area contributed by atoms with E-state index >= 15 is 0 Å². The van der Waals surface area contributed by atoms with Crippen LogP contribution in [0.3, 0.4) is 0 Å². The molecule has 17 heavy (non-hydrogen) atoms. The van der Waals surface area contributed by atoms with Gasteiger partial charge in [0.1, 0.15) is 0 Å². The third kappa shape index (κ3) is 2.25. The van der Waals surface area contributed by atoms with Crippen LogP contribution in [0.4, 0.5) is 5.82 Å². The molecule has 3 nitrogen and oxygen atoms in total. The maximum atomic E-state index is 5.75. The van der Waals surface area contributed by atoms with Crippen LogP contribution in [-0.4, -0.2) is 23.8 Å². The van der Waals surface area contributed by atoms with E-state index in [4.69, 9.17) is 11.6 Å². The van der Waals surface area contributed by atoms with Crippen LogP contribution in [0.5, 0.6) is 0 Å². The maximum absolute atomic E-state index is 5.75. The van der Waals surface area contributed by atoms with Crippen molar-refractivity contribution in [2.24, 2.45) is 17.8 Å². The van der Waals surface area contributed by atoms with E-state index in [1.807, 2.05) is 6.07 Å². The summed E-state index contributed by atoms with van der Waals surface area (Å²) in [4.78, 5) is 2.22. The van der Waals surface area contributed by atoms with Gasteiger partial charge in [0.25, 0.3) is 0 Å². The lowest BCUT2D eigenvalue weighted by Crippen LogP contribution is -2.29. The summed E-state index contributed by atoms with van der Waals surface area (Å²) in [6, 6.07) is 3.75. The molecule has 2 bridgehead atoms. The van der Waals surface area contributed by atoms with Gasteiger partial charge in [0, 0.05) is 13.6 Å². The van der Waals surface area contributed by atoms with Crippen LogP contribution in [0.1, 0.15) is 25.7 Å². The van der Waals surface area contributed by atoms with Crippen molar-refractivity contribution in [3.8, 4) is 0 Å². The third-order valence-electron chi connectivity index (χ3n) is 4.40. The number of fused-ring (bicyclic) bond motifs is 2. The van der Waals surface area contributed by atoms with Crippen molar-refractivity contribution in [3.63, 3.8) is 0 Å². The molecule has 0 saturated heterocycles. The number of rotatable bonds is 3. The maximum Gasteiger partial charge on any atom is 0.151 e. The summed E-state index contributed by atoms with van der Waals surface area (Å²) in [7, 11) is 2.10. The highest BCUT2D eigenvalue weighted by molar-refractivity contribution is 6.29. The number of halogens is 1. The van der Waals surface area contributed by atoms with E-state index in [2.05, 4.69) is 22.1 Å². The minimum absolute atomic E-state index is 0.460. The van der Waals surface area contributed by atoms with E-state index < -0.39 is 0 Å². The molecule has 0 N–H and O–H groups in total. The Hall–Kier alpha value is -0.830. The molecule has 3 unspecified atom stereocenters. The lowest BCUT2D eigenvalue weighted by molar-refractivity contribution is 0.337. The van der Waals surface area contributed by atoms with E-state index in [-0.39, 0.29) is 0 Å². The molecule has 3 rings (SSSR count). The molecule has 2 aliphatic rings. The molecule has 1 heterocycles. The lowest BCUT2D eigenvalue weighted by atomic mass is 9.88. The first kappa shape index (κ1) is 11.3. The molecule has 0 spiro atoms. The molecule has 0 aromatic carbocycles. The second kappa shape index (κ2) is 4.45. The molecule has 92 valence electrons. The summed E-state index contributed by atoms with van der Waals surface area (Å²) >= 11 is 5.75. The highest BCUT2D eigenvalue weighted by Crippen LogP contribution is 2.48. The first-order valence-electron chi connectivity index (χ1n) is 6.42. The summed E-state index contributed by atoms with van der Waals surface area (Å²) in [5, 5.41) is 8.48. The average molecular weight is 252 g/mol. The fourth-order valence-corrected chi connectivity index (χ4v) is 3.66. The van der Waals surface area contributed by atoms with Crippen LogP contribution in [0.25, 0.3) is 0 Å². The Kier molecular flexibility index (Phi) is 2.95. The Morgan fingerprint density at radius 2 is 2.18 bits per heavy atom. The summed E-state index contributed by atoms with van der Waals surface area (Å²) in [5.41, 5.74) is 0. The van der Waals surface area contributed by atoms with E-state index in [1.54, 1.807) is 6.07 Å². The van der Waals surface area contributed by atoms with Crippen LogP contribution >= 0.6 is 11.6 Å². The Bertz CT molecular complexity index is 392. The van der Waals surface area contributed by atoms with Gasteiger partial charge in [-0.05, 0) is 49.1 Å². The zero-order valence-electron chi connectivity index (χ0n) is 10.1. The number of anilines is 1. The summed E-state index contributed by atoms with van der Waals surface area (Å²) in [6.45, 7) is 1.11. The van der Waals surface area contributed by atoms with Gasteiger partial charge in [-0.15, -0.1) is 10.2 Å². The second-order valence-electron chi connectivity index (χ2n) is 5.53. The van der Waals surface area contributed by atoms with Gasteiger partial charge in [0.2, 0.25) is 0 Å². The predicted octanol–water partition coefficient (Wildman–Crippen LogP) is 3.00. The predicted molar refractivity (Wildman–Crippen MR) is 69.3 cm³/mol. The first-order chi connectivity index (χ1) is 8.22. The van der Waals surface area contributed by atoms with Gasteiger partial charge in [-0.2, -0.15) is 0 Å². The molecule has 2 aliphatic carbocycles. The van der Waals surface area contributed by atoms with E-state index in [0.717, 1.165) is 30.1 Å². The molecule has 3 atom stereocenters. The second-order valence-corrected chi connectivity index (χ2v) is 5.92. The van der Waals surface area contributed by atoms with E-state index in [0.29, 0.717) is 5.15 Å². The Balaban J connectivity index is 1.63. The van der Waals surface area contributed by atoms with Crippen LogP contribution in [0.15, 0.2) is 12.1 Å². The number of aromatic nitrogens is 2.